The number of amides is 1. The number of nitrogens with zero attached hydrogens (tertiary/aromatic N) is 3. The first-order valence-corrected chi connectivity index (χ1v) is 9.64. The summed E-state index contributed by atoms with van der Waals surface area (Å²) in [6, 6.07) is 11.4. The second-order valence-electron chi connectivity index (χ2n) is 6.23. The van der Waals surface area contributed by atoms with Gasteiger partial charge in [-0.05, 0) is 36.8 Å². The fourth-order valence-corrected chi connectivity index (χ4v) is 3.85. The molecule has 1 aliphatic rings. The number of hydrogen-bond donors (Lipinski definition) is 1. The van der Waals surface area contributed by atoms with Crippen LogP contribution < -0.4 is 5.32 Å². The molecule has 3 aromatic rings. The van der Waals surface area contributed by atoms with Crippen molar-refractivity contribution >= 4 is 40.2 Å². The first-order valence-electron chi connectivity index (χ1n) is 8.44. The molecule has 1 N–H and O–H groups in total. The van der Waals surface area contributed by atoms with Crippen LogP contribution in [0.1, 0.15) is 22.7 Å². The first-order chi connectivity index (χ1) is 13.1. The summed E-state index contributed by atoms with van der Waals surface area (Å²) in [7, 11) is 0. The number of oxime groups is 1. The Morgan fingerprint density at radius 1 is 1.33 bits per heavy atom. The van der Waals surface area contributed by atoms with E-state index >= 15 is 0 Å². The molecule has 2 aromatic heterocycles. The molecule has 138 valence electrons. The van der Waals surface area contributed by atoms with Crippen molar-refractivity contribution in [1.82, 2.24) is 9.55 Å². The number of halogens is 1. The molecule has 27 heavy (non-hydrogen) atoms. The van der Waals surface area contributed by atoms with Crippen LogP contribution >= 0.6 is 22.9 Å². The van der Waals surface area contributed by atoms with E-state index in [0.29, 0.717) is 10.8 Å². The third-order valence-corrected chi connectivity index (χ3v) is 5.60. The van der Waals surface area contributed by atoms with Gasteiger partial charge in [-0.2, -0.15) is 0 Å². The molecule has 0 saturated carbocycles. The van der Waals surface area contributed by atoms with Crippen LogP contribution in [-0.2, 0) is 16.2 Å². The van der Waals surface area contributed by atoms with Crippen LogP contribution in [0.2, 0.25) is 4.34 Å². The summed E-state index contributed by atoms with van der Waals surface area (Å²) in [5, 5.41) is 6.91. The van der Waals surface area contributed by atoms with Crippen LogP contribution in [0.3, 0.4) is 0 Å². The summed E-state index contributed by atoms with van der Waals surface area (Å²) in [5.41, 5.74) is 2.60. The summed E-state index contributed by atoms with van der Waals surface area (Å²) in [4.78, 5) is 22.9. The van der Waals surface area contributed by atoms with Crippen molar-refractivity contribution in [1.29, 1.82) is 0 Å². The molecular weight excluding hydrogens is 384 g/mol. The van der Waals surface area contributed by atoms with Gasteiger partial charge in [-0.25, -0.2) is 4.98 Å². The minimum atomic E-state index is -0.630. The van der Waals surface area contributed by atoms with Gasteiger partial charge in [0.1, 0.15) is 11.5 Å². The van der Waals surface area contributed by atoms with Crippen molar-refractivity contribution in [3.8, 4) is 0 Å². The summed E-state index contributed by atoms with van der Waals surface area (Å²) in [6.07, 6.45) is 3.53. The van der Waals surface area contributed by atoms with Gasteiger partial charge in [0.05, 0.1) is 9.21 Å². The van der Waals surface area contributed by atoms with E-state index in [-0.39, 0.29) is 5.91 Å². The van der Waals surface area contributed by atoms with Crippen LogP contribution in [0, 0.1) is 6.92 Å². The van der Waals surface area contributed by atoms with Crippen molar-refractivity contribution in [3.63, 3.8) is 0 Å². The Balaban J connectivity index is 1.34. The largest absolute Gasteiger partial charge is 0.382 e. The Bertz CT molecular complexity index is 993. The second-order valence-corrected chi connectivity index (χ2v) is 7.94. The zero-order chi connectivity index (χ0) is 18.8. The van der Waals surface area contributed by atoms with Gasteiger partial charge in [-0.3, -0.25) is 4.79 Å². The SMILES string of the molecule is Cc1nccn1Cc1ccc(NC(=O)C2CC(c3ccc(Cl)s3)=NO2)cc1. The van der Waals surface area contributed by atoms with Crippen molar-refractivity contribution in [2.75, 3.05) is 5.32 Å². The number of aromatic nitrogens is 2. The number of thiophene rings is 1. The van der Waals surface area contributed by atoms with Gasteiger partial charge in [0.2, 0.25) is 6.10 Å². The normalized spacial score (nSPS) is 16.1. The van der Waals surface area contributed by atoms with E-state index in [1.165, 1.54) is 11.3 Å². The van der Waals surface area contributed by atoms with E-state index in [0.717, 1.165) is 34.2 Å². The maximum Gasteiger partial charge on any atom is 0.268 e. The van der Waals surface area contributed by atoms with E-state index < -0.39 is 6.10 Å². The van der Waals surface area contributed by atoms with Crippen LogP contribution in [-0.4, -0.2) is 27.3 Å². The molecule has 4 rings (SSSR count). The van der Waals surface area contributed by atoms with E-state index in [4.69, 9.17) is 16.4 Å². The van der Waals surface area contributed by atoms with Crippen LogP contribution in [0.5, 0.6) is 0 Å². The maximum absolute atomic E-state index is 12.4. The lowest BCUT2D eigenvalue weighted by Crippen LogP contribution is -2.27. The van der Waals surface area contributed by atoms with E-state index in [1.807, 2.05) is 49.5 Å². The third-order valence-electron chi connectivity index (χ3n) is 4.32. The summed E-state index contributed by atoms with van der Waals surface area (Å²) in [6.45, 7) is 2.71. The smallest absolute Gasteiger partial charge is 0.268 e. The average molecular weight is 401 g/mol. The van der Waals surface area contributed by atoms with Gasteiger partial charge < -0.3 is 14.7 Å². The number of anilines is 1. The highest BCUT2D eigenvalue weighted by atomic mass is 35.5. The number of nitrogens with one attached hydrogen (secondary N) is 1. The van der Waals surface area contributed by atoms with E-state index in [1.54, 1.807) is 6.20 Å². The zero-order valence-corrected chi connectivity index (χ0v) is 16.1. The highest BCUT2D eigenvalue weighted by molar-refractivity contribution is 7.18. The van der Waals surface area contributed by atoms with E-state index in [9.17, 15) is 4.79 Å². The minimum absolute atomic E-state index is 0.213. The summed E-state index contributed by atoms with van der Waals surface area (Å²) in [5.74, 6) is 0.753. The zero-order valence-electron chi connectivity index (χ0n) is 14.6. The number of carbonyl (C=O) groups excluding carboxylic acids is 1. The Kier molecular flexibility index (Phi) is 4.96. The van der Waals surface area contributed by atoms with Crippen LogP contribution in [0.25, 0.3) is 0 Å². The minimum Gasteiger partial charge on any atom is -0.382 e. The highest BCUT2D eigenvalue weighted by Crippen LogP contribution is 2.26. The van der Waals surface area contributed by atoms with Gasteiger partial charge in [-0.1, -0.05) is 28.9 Å². The predicted molar refractivity (Wildman–Crippen MR) is 106 cm³/mol. The first kappa shape index (κ1) is 17.8. The average Bonchev–Trinajstić information content (AvgIpc) is 3.38. The number of carbonyl (C=O) groups is 1. The molecule has 1 aliphatic heterocycles. The number of aryl methyl sites for hydroxylation is 1. The topological polar surface area (TPSA) is 68.5 Å². The highest BCUT2D eigenvalue weighted by Gasteiger charge is 2.29. The monoisotopic (exact) mass is 400 g/mol. The lowest BCUT2D eigenvalue weighted by atomic mass is 10.1. The molecule has 0 aliphatic carbocycles. The molecule has 0 saturated heterocycles. The standard InChI is InChI=1S/C19H17ClN4O2S/c1-12-21-8-9-24(12)11-13-2-4-14(5-3-13)22-19(25)16-10-15(23-26-16)17-6-7-18(20)27-17/h2-9,16H,10-11H2,1H3,(H,22,25). The Labute approximate surface area is 165 Å². The molecule has 1 unspecified atom stereocenters. The number of benzene rings is 1. The lowest BCUT2D eigenvalue weighted by Gasteiger charge is -2.10. The summed E-state index contributed by atoms with van der Waals surface area (Å²) < 4.78 is 2.75. The third kappa shape index (κ3) is 4.04. The van der Waals surface area contributed by atoms with Crippen molar-refractivity contribution in [3.05, 3.63) is 69.4 Å². The van der Waals surface area contributed by atoms with Gasteiger partial charge in [-0.15, -0.1) is 11.3 Å². The van der Waals surface area contributed by atoms with Gasteiger partial charge in [0.25, 0.3) is 5.91 Å². The second kappa shape index (κ2) is 7.54. The molecule has 8 heteroatoms. The fourth-order valence-electron chi connectivity index (χ4n) is 2.82. The Hall–Kier alpha value is -2.64. The Morgan fingerprint density at radius 2 is 2.15 bits per heavy atom. The molecule has 1 aromatic carbocycles. The molecule has 3 heterocycles. The number of hydrogen-bond acceptors (Lipinski definition) is 5. The number of imidazole rings is 1. The molecule has 1 atom stereocenters. The van der Waals surface area contributed by atoms with Crippen molar-refractivity contribution < 1.29 is 9.63 Å². The van der Waals surface area contributed by atoms with E-state index in [2.05, 4.69) is 20.0 Å². The lowest BCUT2D eigenvalue weighted by molar-refractivity contribution is -0.125. The quantitative estimate of drug-likeness (QED) is 0.701. The van der Waals surface area contributed by atoms with Gasteiger partial charge in [0.15, 0.2) is 0 Å². The molecule has 6 nitrogen and oxygen atoms in total. The summed E-state index contributed by atoms with van der Waals surface area (Å²) >= 11 is 7.37. The van der Waals surface area contributed by atoms with Crippen molar-refractivity contribution in [2.24, 2.45) is 5.16 Å². The molecule has 0 radical (unpaired) electrons. The molecular formula is C19H17ClN4O2S. The predicted octanol–water partition coefficient (Wildman–Crippen LogP) is 4.09. The molecule has 0 bridgehead atoms. The number of rotatable bonds is 5. The van der Waals surface area contributed by atoms with Gasteiger partial charge in [0, 0.05) is 31.0 Å². The van der Waals surface area contributed by atoms with Crippen LogP contribution in [0.4, 0.5) is 5.69 Å². The van der Waals surface area contributed by atoms with Crippen LogP contribution in [0.15, 0.2) is 53.9 Å². The Morgan fingerprint density at radius 3 is 2.81 bits per heavy atom. The van der Waals surface area contributed by atoms with Gasteiger partial charge >= 0.3 is 0 Å². The maximum atomic E-state index is 12.4. The molecule has 0 spiro atoms. The molecule has 1 amide bonds. The molecule has 0 fully saturated rings. The fraction of sp³-hybridized carbons (Fsp3) is 0.211. The van der Waals surface area contributed by atoms with Crippen molar-refractivity contribution in [2.45, 2.75) is 26.0 Å².